The Labute approximate surface area is 113 Å². The quantitative estimate of drug-likeness (QED) is 0.682. The molecular formula is C13H9FN4O2. The highest BCUT2D eigenvalue weighted by Crippen LogP contribution is 2.18. The summed E-state index contributed by atoms with van der Waals surface area (Å²) in [6, 6.07) is 10.3. The highest BCUT2D eigenvalue weighted by molar-refractivity contribution is 5.50. The van der Waals surface area contributed by atoms with Crippen molar-refractivity contribution in [3.8, 4) is 6.07 Å². The molecule has 20 heavy (non-hydrogen) atoms. The Morgan fingerprint density at radius 1 is 1.40 bits per heavy atom. The Bertz CT molecular complexity index is 697. The van der Waals surface area contributed by atoms with E-state index < -0.39 is 4.92 Å². The third-order valence-electron chi connectivity index (χ3n) is 2.54. The molecule has 0 bridgehead atoms. The topological polar surface area (TPSA) is 91.8 Å². The second-order valence-electron chi connectivity index (χ2n) is 3.92. The van der Waals surface area contributed by atoms with E-state index in [-0.39, 0.29) is 17.2 Å². The Morgan fingerprint density at radius 3 is 2.85 bits per heavy atom. The summed E-state index contributed by atoms with van der Waals surface area (Å²) in [5, 5.41) is 22.4. The van der Waals surface area contributed by atoms with Gasteiger partial charge in [0.2, 0.25) is 5.69 Å². The normalized spacial score (nSPS) is 9.80. The van der Waals surface area contributed by atoms with E-state index in [0.717, 1.165) is 0 Å². The number of rotatable bonds is 4. The van der Waals surface area contributed by atoms with E-state index in [4.69, 9.17) is 5.26 Å². The Morgan fingerprint density at radius 2 is 2.20 bits per heavy atom. The van der Waals surface area contributed by atoms with Gasteiger partial charge in [-0.1, -0.05) is 12.1 Å². The molecule has 2 rings (SSSR count). The molecule has 0 atom stereocenters. The van der Waals surface area contributed by atoms with Crippen molar-refractivity contribution in [2.75, 3.05) is 5.32 Å². The lowest BCUT2D eigenvalue weighted by atomic mass is 10.2. The zero-order valence-corrected chi connectivity index (χ0v) is 10.2. The summed E-state index contributed by atoms with van der Waals surface area (Å²) in [6.07, 6.45) is 0. The number of nitrogens with one attached hydrogen (secondary N) is 1. The fourth-order valence-corrected chi connectivity index (χ4v) is 1.62. The number of pyridine rings is 1. The number of anilines is 1. The zero-order valence-electron chi connectivity index (χ0n) is 10.2. The molecule has 0 amide bonds. The van der Waals surface area contributed by atoms with Crippen LogP contribution in [0.1, 0.15) is 11.3 Å². The van der Waals surface area contributed by atoms with Gasteiger partial charge in [-0.3, -0.25) is 10.1 Å². The molecule has 0 fully saturated rings. The van der Waals surface area contributed by atoms with Crippen LogP contribution in [0.2, 0.25) is 0 Å². The first-order valence-electron chi connectivity index (χ1n) is 5.64. The summed E-state index contributed by atoms with van der Waals surface area (Å²) in [5.74, 6) is -0.0323. The van der Waals surface area contributed by atoms with Crippen molar-refractivity contribution >= 4 is 11.5 Å². The molecule has 2 aromatic rings. The summed E-state index contributed by atoms with van der Waals surface area (Å²) in [5.41, 5.74) is 0.0895. The molecule has 6 nitrogen and oxygen atoms in total. The molecule has 100 valence electrons. The van der Waals surface area contributed by atoms with Crippen molar-refractivity contribution in [2.45, 2.75) is 6.54 Å². The van der Waals surface area contributed by atoms with Crippen molar-refractivity contribution in [2.24, 2.45) is 0 Å². The minimum absolute atomic E-state index is 0.265. The lowest BCUT2D eigenvalue weighted by Gasteiger charge is -2.06. The number of nitriles is 1. The minimum Gasteiger partial charge on any atom is -0.366 e. The van der Waals surface area contributed by atoms with Gasteiger partial charge in [0.25, 0.3) is 0 Å². The van der Waals surface area contributed by atoms with E-state index in [1.807, 2.05) is 0 Å². The van der Waals surface area contributed by atoms with Gasteiger partial charge in [-0.15, -0.1) is 0 Å². The van der Waals surface area contributed by atoms with Crippen LogP contribution in [0, 0.1) is 27.3 Å². The summed E-state index contributed by atoms with van der Waals surface area (Å²) < 4.78 is 13.0. The van der Waals surface area contributed by atoms with Crippen LogP contribution in [0.15, 0.2) is 36.4 Å². The number of aromatic nitrogens is 1. The third-order valence-corrected chi connectivity index (χ3v) is 2.54. The molecule has 1 aromatic carbocycles. The van der Waals surface area contributed by atoms with Crippen LogP contribution in [-0.2, 0) is 6.54 Å². The molecule has 0 radical (unpaired) electrons. The first-order valence-corrected chi connectivity index (χ1v) is 5.64. The smallest absolute Gasteiger partial charge is 0.305 e. The van der Waals surface area contributed by atoms with Crippen LogP contribution in [0.3, 0.4) is 0 Å². The highest BCUT2D eigenvalue weighted by Gasteiger charge is 2.15. The molecule has 0 aliphatic heterocycles. The summed E-state index contributed by atoms with van der Waals surface area (Å²) in [6.45, 7) is 0.299. The number of nitrogens with zero attached hydrogens (tertiary/aromatic N) is 3. The molecule has 0 saturated heterocycles. The van der Waals surface area contributed by atoms with Gasteiger partial charge in [-0.25, -0.2) is 9.37 Å². The molecule has 1 N–H and O–H groups in total. The number of hydrogen-bond acceptors (Lipinski definition) is 5. The molecule has 0 unspecified atom stereocenters. The highest BCUT2D eigenvalue weighted by atomic mass is 19.1. The number of nitro groups is 1. The van der Waals surface area contributed by atoms with Crippen molar-refractivity contribution in [3.63, 3.8) is 0 Å². The molecule has 0 spiro atoms. The Balaban J connectivity index is 2.15. The Hall–Kier alpha value is -3.01. The average Bonchev–Trinajstić information content (AvgIpc) is 2.44. The van der Waals surface area contributed by atoms with Gasteiger partial charge in [0.15, 0.2) is 0 Å². The second-order valence-corrected chi connectivity index (χ2v) is 3.92. The second kappa shape index (κ2) is 5.75. The number of hydrogen-bond donors (Lipinski definition) is 1. The van der Waals surface area contributed by atoms with Crippen LogP contribution < -0.4 is 5.32 Å². The lowest BCUT2D eigenvalue weighted by Crippen LogP contribution is -2.04. The van der Waals surface area contributed by atoms with Crippen LogP contribution in [0.5, 0.6) is 0 Å². The summed E-state index contributed by atoms with van der Waals surface area (Å²) >= 11 is 0. The first kappa shape index (κ1) is 13.4. The van der Waals surface area contributed by atoms with Gasteiger partial charge in [-0.05, 0) is 23.8 Å². The summed E-state index contributed by atoms with van der Waals surface area (Å²) in [4.78, 5) is 13.8. The van der Waals surface area contributed by atoms with Gasteiger partial charge in [0.05, 0.1) is 4.92 Å². The van der Waals surface area contributed by atoms with Crippen molar-refractivity contribution in [1.29, 1.82) is 5.26 Å². The van der Waals surface area contributed by atoms with E-state index in [1.165, 1.54) is 24.3 Å². The fraction of sp³-hybridized carbons (Fsp3) is 0.0769. The van der Waals surface area contributed by atoms with Crippen molar-refractivity contribution < 1.29 is 9.31 Å². The average molecular weight is 272 g/mol. The van der Waals surface area contributed by atoms with E-state index in [1.54, 1.807) is 18.2 Å². The van der Waals surface area contributed by atoms with E-state index >= 15 is 0 Å². The Kier molecular flexibility index (Phi) is 3.86. The summed E-state index contributed by atoms with van der Waals surface area (Å²) in [7, 11) is 0. The maximum atomic E-state index is 13.0. The predicted molar refractivity (Wildman–Crippen MR) is 69.3 cm³/mol. The third kappa shape index (κ3) is 3.05. The zero-order chi connectivity index (χ0) is 14.5. The van der Waals surface area contributed by atoms with Gasteiger partial charge >= 0.3 is 5.69 Å². The SMILES string of the molecule is N#Cc1nc(NCc2cccc(F)c2)ccc1[N+](=O)[O-]. The van der Waals surface area contributed by atoms with E-state index in [2.05, 4.69) is 10.3 Å². The molecule has 0 aliphatic rings. The minimum atomic E-state index is -0.665. The first-order chi connectivity index (χ1) is 9.60. The van der Waals surface area contributed by atoms with Crippen molar-refractivity contribution in [3.05, 3.63) is 63.6 Å². The maximum absolute atomic E-state index is 13.0. The largest absolute Gasteiger partial charge is 0.366 e. The molecular weight excluding hydrogens is 263 g/mol. The molecule has 7 heteroatoms. The van der Waals surface area contributed by atoms with E-state index in [0.29, 0.717) is 17.9 Å². The molecule has 0 saturated carbocycles. The van der Waals surface area contributed by atoms with Crippen LogP contribution in [0.25, 0.3) is 0 Å². The van der Waals surface area contributed by atoms with Crippen molar-refractivity contribution in [1.82, 2.24) is 4.98 Å². The van der Waals surface area contributed by atoms with Gasteiger partial charge in [0.1, 0.15) is 17.7 Å². The van der Waals surface area contributed by atoms with Crippen LogP contribution in [0.4, 0.5) is 15.9 Å². The monoisotopic (exact) mass is 272 g/mol. The van der Waals surface area contributed by atoms with Crippen LogP contribution in [-0.4, -0.2) is 9.91 Å². The molecule has 0 aliphatic carbocycles. The lowest BCUT2D eigenvalue weighted by molar-refractivity contribution is -0.385. The standard InChI is InChI=1S/C13H9FN4O2/c14-10-3-1-2-9(6-10)8-16-13-5-4-12(18(19)20)11(7-15)17-13/h1-6H,8H2,(H,16,17). The maximum Gasteiger partial charge on any atom is 0.305 e. The van der Waals surface area contributed by atoms with Gasteiger partial charge in [0, 0.05) is 12.6 Å². The fourth-order valence-electron chi connectivity index (χ4n) is 1.62. The van der Waals surface area contributed by atoms with Gasteiger partial charge < -0.3 is 5.32 Å². The van der Waals surface area contributed by atoms with Gasteiger partial charge in [-0.2, -0.15) is 5.26 Å². The predicted octanol–water partition coefficient (Wildman–Crippen LogP) is 2.61. The number of halogens is 1. The molecule has 1 heterocycles. The van der Waals surface area contributed by atoms with E-state index in [9.17, 15) is 14.5 Å². The molecule has 1 aromatic heterocycles. The number of benzene rings is 1. The van der Waals surface area contributed by atoms with Crippen LogP contribution >= 0.6 is 0 Å².